The number of hydrogen-bond donors (Lipinski definition) is 0. The highest BCUT2D eigenvalue weighted by Gasteiger charge is 2.12. The molecule has 5 nitrogen and oxygen atoms in total. The van der Waals surface area contributed by atoms with Crippen LogP contribution in [0.15, 0.2) is 47.6 Å². The summed E-state index contributed by atoms with van der Waals surface area (Å²) in [5, 5.41) is 9.59. The van der Waals surface area contributed by atoms with E-state index in [-0.39, 0.29) is 0 Å². The van der Waals surface area contributed by atoms with Crippen LogP contribution in [0.2, 0.25) is 0 Å². The fourth-order valence-electron chi connectivity index (χ4n) is 2.92. The van der Waals surface area contributed by atoms with Gasteiger partial charge in [-0.3, -0.25) is 0 Å². The fourth-order valence-corrected chi connectivity index (χ4v) is 3.89. The minimum absolute atomic E-state index is 0.406. The van der Waals surface area contributed by atoms with E-state index in [1.165, 1.54) is 16.7 Å². The maximum atomic E-state index is 5.95. The normalized spacial score (nSPS) is 10.8. The van der Waals surface area contributed by atoms with Crippen molar-refractivity contribution in [2.75, 3.05) is 7.11 Å². The average molecular weight is 384 g/mol. The zero-order valence-corrected chi connectivity index (χ0v) is 17.0. The largest absolute Gasteiger partial charge is 0.497 e. The number of thioether (sulfide) groups is 1. The second kappa shape index (κ2) is 8.95. The van der Waals surface area contributed by atoms with Crippen LogP contribution >= 0.6 is 11.8 Å². The van der Waals surface area contributed by atoms with E-state index in [9.17, 15) is 0 Å². The summed E-state index contributed by atoms with van der Waals surface area (Å²) in [4.78, 5) is 0. The van der Waals surface area contributed by atoms with Gasteiger partial charge in [-0.1, -0.05) is 30.0 Å². The lowest BCUT2D eigenvalue weighted by molar-refractivity contribution is 0.288. The highest BCUT2D eigenvalue weighted by Crippen LogP contribution is 2.25. The SMILES string of the molecule is CCn1c(COc2cc(C)cc(C)c2)nnc1SCc1cccc(OC)c1. The summed E-state index contributed by atoms with van der Waals surface area (Å²) in [6, 6.07) is 14.3. The van der Waals surface area contributed by atoms with Crippen LogP contribution in [0.5, 0.6) is 11.5 Å². The molecule has 1 aromatic heterocycles. The molecule has 3 aromatic rings. The first kappa shape index (κ1) is 19.3. The Morgan fingerprint density at radius 2 is 1.78 bits per heavy atom. The van der Waals surface area contributed by atoms with Crippen LogP contribution in [0, 0.1) is 13.8 Å². The van der Waals surface area contributed by atoms with Gasteiger partial charge >= 0.3 is 0 Å². The molecule has 0 spiro atoms. The minimum Gasteiger partial charge on any atom is -0.497 e. The maximum absolute atomic E-state index is 5.95. The second-order valence-corrected chi connectivity index (χ2v) is 7.34. The first-order chi connectivity index (χ1) is 13.1. The standard InChI is InChI=1S/C21H25N3O2S/c1-5-24-20(13-26-19-10-15(2)9-16(3)11-19)22-23-21(24)27-14-17-7-6-8-18(12-17)25-4/h6-12H,5,13-14H2,1-4H3. The van der Waals surface area contributed by atoms with Crippen LogP contribution < -0.4 is 9.47 Å². The number of methoxy groups -OCH3 is 1. The van der Waals surface area contributed by atoms with E-state index in [1.54, 1.807) is 18.9 Å². The van der Waals surface area contributed by atoms with E-state index in [4.69, 9.17) is 9.47 Å². The third-order valence-corrected chi connectivity index (χ3v) is 5.21. The van der Waals surface area contributed by atoms with Crippen molar-refractivity contribution < 1.29 is 9.47 Å². The van der Waals surface area contributed by atoms with Gasteiger partial charge in [-0.15, -0.1) is 10.2 Å². The molecule has 6 heteroatoms. The summed E-state index contributed by atoms with van der Waals surface area (Å²) < 4.78 is 13.3. The highest BCUT2D eigenvalue weighted by molar-refractivity contribution is 7.98. The molecule has 0 aliphatic heterocycles. The molecule has 27 heavy (non-hydrogen) atoms. The van der Waals surface area contributed by atoms with Crippen LogP contribution in [0.3, 0.4) is 0 Å². The predicted molar refractivity (Wildman–Crippen MR) is 108 cm³/mol. The van der Waals surface area contributed by atoms with Crippen molar-refractivity contribution in [2.24, 2.45) is 0 Å². The molecule has 0 aliphatic carbocycles. The molecule has 0 aliphatic rings. The van der Waals surface area contributed by atoms with Crippen LogP contribution in [0.1, 0.15) is 29.4 Å². The molecule has 2 aromatic carbocycles. The number of aryl methyl sites for hydroxylation is 2. The Labute approximate surface area is 164 Å². The molecular formula is C21H25N3O2S. The first-order valence-corrected chi connectivity index (χ1v) is 9.96. The zero-order valence-electron chi connectivity index (χ0n) is 16.2. The highest BCUT2D eigenvalue weighted by atomic mass is 32.2. The lowest BCUT2D eigenvalue weighted by Crippen LogP contribution is -2.07. The molecule has 0 unspecified atom stereocenters. The maximum Gasteiger partial charge on any atom is 0.191 e. The fraction of sp³-hybridized carbons (Fsp3) is 0.333. The molecule has 0 fully saturated rings. The van der Waals surface area contributed by atoms with Gasteiger partial charge in [-0.05, 0) is 61.7 Å². The number of benzene rings is 2. The van der Waals surface area contributed by atoms with E-state index in [1.807, 2.05) is 30.3 Å². The number of rotatable bonds is 8. The Morgan fingerprint density at radius 3 is 2.48 bits per heavy atom. The van der Waals surface area contributed by atoms with E-state index in [0.717, 1.165) is 34.8 Å². The van der Waals surface area contributed by atoms with Crippen molar-refractivity contribution in [2.45, 2.75) is 44.8 Å². The summed E-state index contributed by atoms with van der Waals surface area (Å²) in [5.41, 5.74) is 3.58. The number of aromatic nitrogens is 3. The first-order valence-electron chi connectivity index (χ1n) is 8.98. The molecule has 3 rings (SSSR count). The Morgan fingerprint density at radius 1 is 1.00 bits per heavy atom. The number of nitrogens with zero attached hydrogens (tertiary/aromatic N) is 3. The van der Waals surface area contributed by atoms with Crippen LogP contribution in [0.25, 0.3) is 0 Å². The van der Waals surface area contributed by atoms with Crippen molar-refractivity contribution in [3.8, 4) is 11.5 Å². The molecule has 142 valence electrons. The number of ether oxygens (including phenoxy) is 2. The predicted octanol–water partition coefficient (Wildman–Crippen LogP) is 4.79. The van der Waals surface area contributed by atoms with Crippen molar-refractivity contribution in [1.29, 1.82) is 0 Å². The molecule has 0 saturated carbocycles. The second-order valence-electron chi connectivity index (χ2n) is 6.40. The molecule has 0 bridgehead atoms. The minimum atomic E-state index is 0.406. The van der Waals surface area contributed by atoms with Gasteiger partial charge in [0.05, 0.1) is 7.11 Å². The van der Waals surface area contributed by atoms with Gasteiger partial charge in [0.2, 0.25) is 0 Å². The third-order valence-electron chi connectivity index (χ3n) is 4.17. The van der Waals surface area contributed by atoms with Crippen LogP contribution in [0.4, 0.5) is 0 Å². The van der Waals surface area contributed by atoms with Crippen molar-refractivity contribution in [3.05, 3.63) is 65.0 Å². The van der Waals surface area contributed by atoms with Gasteiger partial charge in [-0.2, -0.15) is 0 Å². The zero-order chi connectivity index (χ0) is 19.2. The summed E-state index contributed by atoms with van der Waals surface area (Å²) in [6.07, 6.45) is 0. The quantitative estimate of drug-likeness (QED) is 0.523. The number of hydrogen-bond acceptors (Lipinski definition) is 5. The molecular weight excluding hydrogens is 358 g/mol. The van der Waals surface area contributed by atoms with E-state index < -0.39 is 0 Å². The van der Waals surface area contributed by atoms with Gasteiger partial charge in [0.1, 0.15) is 18.1 Å². The summed E-state index contributed by atoms with van der Waals surface area (Å²) in [5.74, 6) is 3.38. The lowest BCUT2D eigenvalue weighted by atomic mass is 10.1. The summed E-state index contributed by atoms with van der Waals surface area (Å²) >= 11 is 1.67. The van der Waals surface area contributed by atoms with E-state index in [2.05, 4.69) is 47.7 Å². The lowest BCUT2D eigenvalue weighted by Gasteiger charge is -2.10. The summed E-state index contributed by atoms with van der Waals surface area (Å²) in [7, 11) is 1.68. The molecule has 1 heterocycles. The Kier molecular flexibility index (Phi) is 6.40. The van der Waals surface area contributed by atoms with E-state index in [0.29, 0.717) is 6.61 Å². The smallest absolute Gasteiger partial charge is 0.191 e. The Bertz CT molecular complexity index is 888. The third kappa shape index (κ3) is 5.04. The van der Waals surface area contributed by atoms with Gasteiger partial charge < -0.3 is 14.0 Å². The van der Waals surface area contributed by atoms with Gasteiger partial charge in [0.25, 0.3) is 0 Å². The van der Waals surface area contributed by atoms with Crippen molar-refractivity contribution in [3.63, 3.8) is 0 Å². The topological polar surface area (TPSA) is 49.2 Å². The van der Waals surface area contributed by atoms with Gasteiger partial charge in [-0.25, -0.2) is 0 Å². The van der Waals surface area contributed by atoms with E-state index >= 15 is 0 Å². The molecule has 0 radical (unpaired) electrons. The average Bonchev–Trinajstić information content (AvgIpc) is 3.06. The molecule has 0 amide bonds. The van der Waals surface area contributed by atoms with Crippen LogP contribution in [-0.4, -0.2) is 21.9 Å². The van der Waals surface area contributed by atoms with Crippen molar-refractivity contribution >= 4 is 11.8 Å². The summed E-state index contributed by atoms with van der Waals surface area (Å²) in [6.45, 7) is 7.45. The molecule has 0 saturated heterocycles. The van der Waals surface area contributed by atoms with Gasteiger partial charge in [0.15, 0.2) is 11.0 Å². The molecule has 0 atom stereocenters. The monoisotopic (exact) mass is 383 g/mol. The molecule has 0 N–H and O–H groups in total. The Hall–Kier alpha value is -2.47. The van der Waals surface area contributed by atoms with Gasteiger partial charge in [0, 0.05) is 12.3 Å². The Balaban J connectivity index is 1.66. The van der Waals surface area contributed by atoms with Crippen LogP contribution in [-0.2, 0) is 18.9 Å². The van der Waals surface area contributed by atoms with Crippen molar-refractivity contribution in [1.82, 2.24) is 14.8 Å².